The van der Waals surface area contributed by atoms with Crippen LogP contribution in [0, 0.1) is 0 Å². The third-order valence-corrected chi connectivity index (χ3v) is 14.8. The Balaban J connectivity index is 0.950. The molecule has 0 radical (unpaired) electrons. The summed E-state index contributed by atoms with van der Waals surface area (Å²) < 4.78 is 22.2. The average molecular weight is 960 g/mol. The molecule has 20 heteroatoms. The van der Waals surface area contributed by atoms with Gasteiger partial charge in [-0.3, -0.25) is 24.0 Å². The molecule has 368 valence electrons. The van der Waals surface area contributed by atoms with Crippen LogP contribution in [-0.2, 0) is 38.1 Å². The minimum absolute atomic E-state index is 0.0694. The number of thioether (sulfide) groups is 2. The monoisotopic (exact) mass is 959 g/mol. The van der Waals surface area contributed by atoms with E-state index in [4.69, 9.17) is 36.1 Å². The molecule has 0 unspecified atom stereocenters. The van der Waals surface area contributed by atoms with Crippen molar-refractivity contribution in [2.45, 2.75) is 137 Å². The van der Waals surface area contributed by atoms with Crippen molar-refractivity contribution in [3.8, 4) is 0 Å². The number of fused-ring (bicyclic) bond motifs is 2. The van der Waals surface area contributed by atoms with Crippen molar-refractivity contribution in [3.63, 3.8) is 0 Å². The predicted molar refractivity (Wildman–Crippen MR) is 261 cm³/mol. The Labute approximate surface area is 398 Å². The number of Topliss-reactive ketones (excluding diaryl/α,β-unsaturated/α-hetero) is 3. The molecule has 4 aliphatic heterocycles. The Hall–Kier alpha value is -3.79. The molecule has 2 saturated heterocycles. The molecule has 6 atom stereocenters. The van der Waals surface area contributed by atoms with Gasteiger partial charge in [0.15, 0.2) is 17.7 Å². The SMILES string of the molecule is NCCOCCOCCCC(=O)c1cc(NC(=O)CCOCCCC(=O)CCCC[C@@H]2SC[C@@H]3NC(N)=N[C@@H]32)cc(NC(=O)CCOCCCC(=O)CCCC[C@@H]2SC[C@@H]3NC(N)=N[C@@H]32)c1. The van der Waals surface area contributed by atoms with Crippen molar-refractivity contribution in [2.24, 2.45) is 27.2 Å². The van der Waals surface area contributed by atoms with Gasteiger partial charge in [-0.15, -0.1) is 0 Å². The first kappa shape index (κ1) is 53.2. The number of anilines is 2. The van der Waals surface area contributed by atoms with Crippen LogP contribution in [0.3, 0.4) is 0 Å². The van der Waals surface area contributed by atoms with Crippen LogP contribution in [0.1, 0.15) is 113 Å². The average Bonchev–Trinajstić information content (AvgIpc) is 4.06. The van der Waals surface area contributed by atoms with Gasteiger partial charge in [-0.1, -0.05) is 12.8 Å². The maximum atomic E-state index is 13.3. The highest BCUT2D eigenvalue weighted by atomic mass is 32.2. The Morgan fingerprint density at radius 2 is 1.00 bits per heavy atom. The number of ether oxygens (including phenoxy) is 4. The molecular weight excluding hydrogens is 887 g/mol. The summed E-state index contributed by atoms with van der Waals surface area (Å²) in [6.45, 7) is 3.16. The summed E-state index contributed by atoms with van der Waals surface area (Å²) in [6.07, 6.45) is 9.68. The number of hydrogen-bond acceptors (Lipinski definition) is 18. The normalized spacial score (nSPS) is 21.7. The number of guanidine groups is 2. The maximum Gasteiger partial charge on any atom is 0.226 e. The van der Waals surface area contributed by atoms with E-state index in [2.05, 4.69) is 31.3 Å². The molecule has 0 bridgehead atoms. The number of nitrogens with one attached hydrogen (secondary N) is 4. The van der Waals surface area contributed by atoms with Gasteiger partial charge < -0.3 is 57.4 Å². The van der Waals surface area contributed by atoms with Crippen LogP contribution < -0.4 is 38.5 Å². The second-order valence-electron chi connectivity index (χ2n) is 17.2. The summed E-state index contributed by atoms with van der Waals surface area (Å²) in [5, 5.41) is 13.0. The van der Waals surface area contributed by atoms with Gasteiger partial charge in [0.1, 0.15) is 11.6 Å². The highest BCUT2D eigenvalue weighted by molar-refractivity contribution is 8.00. The minimum Gasteiger partial charge on any atom is -0.381 e. The number of nitrogens with zero attached hydrogens (tertiary/aromatic N) is 2. The smallest absolute Gasteiger partial charge is 0.226 e. The minimum atomic E-state index is -0.317. The van der Waals surface area contributed by atoms with Crippen LogP contribution in [0.2, 0.25) is 0 Å². The molecular formula is C46H73N9O9S2. The van der Waals surface area contributed by atoms with E-state index in [1.807, 2.05) is 23.5 Å². The first-order valence-electron chi connectivity index (χ1n) is 23.8. The van der Waals surface area contributed by atoms with Gasteiger partial charge in [0.25, 0.3) is 0 Å². The van der Waals surface area contributed by atoms with Crippen LogP contribution in [0.5, 0.6) is 0 Å². The number of carbonyl (C=O) groups excluding carboxylic acids is 5. The number of carbonyl (C=O) groups is 5. The standard InChI is InChI=1S/C46H73N9O9S2/c47-17-23-64-25-24-63-20-7-12-38(58)31-26-32(50-41(59)15-21-61-18-5-10-34(56)8-1-3-13-39-43-36(29-65-39)52-45(48)54-43)28-33(27-31)51-42(60)16-22-62-19-6-11-35(57)9-2-4-14-40-44-37(30-66-40)53-46(49)55-44/h26-28,36-37,39-40,43-44H,1-25,29-30,47H2,(H,50,59)(H,51,60)(H3,48,52,54)(H3,49,53,55)/t36-,37-,39-,40-,43-,44-/m0/s1. The van der Waals surface area contributed by atoms with Crippen molar-refractivity contribution in [1.29, 1.82) is 0 Å². The molecule has 0 saturated carbocycles. The first-order chi connectivity index (χ1) is 32.1. The summed E-state index contributed by atoms with van der Waals surface area (Å²) in [5.41, 5.74) is 18.1. The van der Waals surface area contributed by atoms with Gasteiger partial charge in [0.2, 0.25) is 11.8 Å². The van der Waals surface area contributed by atoms with Crippen molar-refractivity contribution in [2.75, 3.05) is 81.5 Å². The summed E-state index contributed by atoms with van der Waals surface area (Å²) >= 11 is 3.86. The molecule has 2 fully saturated rings. The van der Waals surface area contributed by atoms with E-state index < -0.39 is 0 Å². The van der Waals surface area contributed by atoms with E-state index in [1.54, 1.807) is 18.2 Å². The molecule has 1 aromatic rings. The quantitative estimate of drug-likeness (QED) is 0.0373. The molecule has 10 N–H and O–H groups in total. The van der Waals surface area contributed by atoms with Crippen molar-refractivity contribution in [1.82, 2.24) is 10.6 Å². The summed E-state index contributed by atoms with van der Waals surface area (Å²) in [5.74, 6) is 2.73. The number of unbranched alkanes of at least 4 members (excludes halogenated alkanes) is 2. The highest BCUT2D eigenvalue weighted by Gasteiger charge is 2.41. The predicted octanol–water partition coefficient (Wildman–Crippen LogP) is 3.69. The molecule has 5 rings (SSSR count). The van der Waals surface area contributed by atoms with Crippen LogP contribution in [0.25, 0.3) is 0 Å². The maximum absolute atomic E-state index is 13.3. The molecule has 4 heterocycles. The van der Waals surface area contributed by atoms with E-state index in [-0.39, 0.29) is 73.7 Å². The van der Waals surface area contributed by atoms with E-state index in [0.29, 0.717) is 143 Å². The second-order valence-corrected chi connectivity index (χ2v) is 19.7. The van der Waals surface area contributed by atoms with Crippen molar-refractivity contribution in [3.05, 3.63) is 23.8 Å². The first-order valence-corrected chi connectivity index (χ1v) is 25.9. The zero-order chi connectivity index (χ0) is 46.9. The lowest BCUT2D eigenvalue weighted by molar-refractivity contribution is -0.120. The Bertz CT molecular complexity index is 1680. The van der Waals surface area contributed by atoms with Gasteiger partial charge in [-0.05, 0) is 63.1 Å². The summed E-state index contributed by atoms with van der Waals surface area (Å²) in [6, 6.07) is 5.95. The molecule has 18 nitrogen and oxygen atoms in total. The van der Waals surface area contributed by atoms with Crippen molar-refractivity contribution < 1.29 is 42.9 Å². The lowest BCUT2D eigenvalue weighted by Crippen LogP contribution is -2.38. The zero-order valence-electron chi connectivity index (χ0n) is 38.4. The van der Waals surface area contributed by atoms with Gasteiger partial charge in [-0.2, -0.15) is 23.5 Å². The second kappa shape index (κ2) is 29.9. The van der Waals surface area contributed by atoms with Gasteiger partial charge in [0, 0.05) is 97.4 Å². The lowest BCUT2D eigenvalue weighted by atomic mass is 10.0. The van der Waals surface area contributed by atoms with Gasteiger partial charge in [-0.25, -0.2) is 9.98 Å². The number of aliphatic imine (C=N–C) groups is 2. The molecule has 1 aromatic carbocycles. The Kier molecular flexibility index (Phi) is 24.1. The fourth-order valence-corrected chi connectivity index (χ4v) is 11.4. The molecule has 2 amide bonds. The molecule has 0 spiro atoms. The highest BCUT2D eigenvalue weighted by Crippen LogP contribution is 2.36. The van der Waals surface area contributed by atoms with E-state index in [1.165, 1.54) is 0 Å². The largest absolute Gasteiger partial charge is 0.381 e. The number of rotatable bonds is 36. The van der Waals surface area contributed by atoms with E-state index >= 15 is 0 Å². The van der Waals surface area contributed by atoms with Crippen LogP contribution in [-0.4, -0.2) is 147 Å². The van der Waals surface area contributed by atoms with Crippen molar-refractivity contribution >= 4 is 76.0 Å². The molecule has 66 heavy (non-hydrogen) atoms. The number of amides is 2. The number of nitrogens with two attached hydrogens (primary N) is 3. The Morgan fingerprint density at radius 1 is 0.561 bits per heavy atom. The topological polar surface area (TPSA) is 273 Å². The third kappa shape index (κ3) is 19.4. The third-order valence-electron chi connectivity index (χ3n) is 11.8. The molecule has 4 aliphatic rings. The fourth-order valence-electron chi connectivity index (χ4n) is 8.38. The summed E-state index contributed by atoms with van der Waals surface area (Å²) in [7, 11) is 0. The number of benzene rings is 1. The zero-order valence-corrected chi connectivity index (χ0v) is 40.0. The van der Waals surface area contributed by atoms with Crippen LogP contribution in [0.15, 0.2) is 28.2 Å². The Morgan fingerprint density at radius 3 is 1.48 bits per heavy atom. The lowest BCUT2D eigenvalue weighted by Gasteiger charge is -2.14. The molecule has 0 aromatic heterocycles. The van der Waals surface area contributed by atoms with Crippen LogP contribution in [0.4, 0.5) is 11.4 Å². The number of hydrogen-bond donors (Lipinski definition) is 7. The van der Waals surface area contributed by atoms with Gasteiger partial charge in [0.05, 0.1) is 70.0 Å². The summed E-state index contributed by atoms with van der Waals surface area (Å²) in [4.78, 5) is 73.1. The van der Waals surface area contributed by atoms with Crippen LogP contribution >= 0.6 is 23.5 Å². The molecule has 0 aliphatic carbocycles. The number of ketones is 3. The van der Waals surface area contributed by atoms with E-state index in [0.717, 1.165) is 50.0 Å². The van der Waals surface area contributed by atoms with Gasteiger partial charge >= 0.3 is 0 Å². The van der Waals surface area contributed by atoms with E-state index in [9.17, 15) is 24.0 Å². The fraction of sp³-hybridized carbons (Fsp3) is 0.717.